The summed E-state index contributed by atoms with van der Waals surface area (Å²) in [6.07, 6.45) is 0. The second-order valence-electron chi connectivity index (χ2n) is 4.31. The van der Waals surface area contributed by atoms with Gasteiger partial charge in [-0.2, -0.15) is 0 Å². The van der Waals surface area contributed by atoms with Gasteiger partial charge in [0.15, 0.2) is 0 Å². The lowest BCUT2D eigenvalue weighted by Crippen LogP contribution is -2.20. The first-order chi connectivity index (χ1) is 10.4. The third-order valence-electron chi connectivity index (χ3n) is 2.69. The molecule has 0 spiro atoms. The van der Waals surface area contributed by atoms with E-state index in [0.717, 1.165) is 15.0 Å². The largest absolute Gasteiger partial charge is 0.391 e. The van der Waals surface area contributed by atoms with Gasteiger partial charge in [0.25, 0.3) is 0 Å². The van der Waals surface area contributed by atoms with Crippen LogP contribution in [0.5, 0.6) is 0 Å². The van der Waals surface area contributed by atoms with Crippen LogP contribution in [0.3, 0.4) is 0 Å². The lowest BCUT2D eigenvalue weighted by atomic mass is 10.1. The molecule has 0 saturated carbocycles. The maximum atomic E-state index is 13.5. The van der Waals surface area contributed by atoms with Gasteiger partial charge < -0.3 is 15.7 Å². The Bertz CT molecular complexity index is 706. The standard InChI is InChI=1S/C14H10Br2F2N2O2/c15-7-1-8(16)3-10(2-7)19-14(22)20-13-5-9(17)4-12(18)11(13)6-21/h1-5,21H,6H2,(H2,19,20,22). The van der Waals surface area contributed by atoms with E-state index in [0.29, 0.717) is 11.8 Å². The van der Waals surface area contributed by atoms with Crippen molar-refractivity contribution in [2.75, 3.05) is 10.6 Å². The molecule has 8 heteroatoms. The number of carbonyl (C=O) groups excluding carboxylic acids is 1. The summed E-state index contributed by atoms with van der Waals surface area (Å²) in [6, 6.07) is 5.98. The van der Waals surface area contributed by atoms with Crippen molar-refractivity contribution in [3.05, 3.63) is 56.5 Å². The molecule has 2 aromatic rings. The van der Waals surface area contributed by atoms with Gasteiger partial charge in [-0.05, 0) is 24.3 Å². The number of hydrogen-bond acceptors (Lipinski definition) is 2. The fourth-order valence-electron chi connectivity index (χ4n) is 1.79. The van der Waals surface area contributed by atoms with Crippen molar-refractivity contribution in [3.63, 3.8) is 0 Å². The highest BCUT2D eigenvalue weighted by molar-refractivity contribution is 9.11. The van der Waals surface area contributed by atoms with Gasteiger partial charge in [-0.3, -0.25) is 0 Å². The molecule has 0 bridgehead atoms. The number of aliphatic hydroxyl groups is 1. The summed E-state index contributed by atoms with van der Waals surface area (Å²) in [4.78, 5) is 11.9. The van der Waals surface area contributed by atoms with Crippen LogP contribution in [0.2, 0.25) is 0 Å². The van der Waals surface area contributed by atoms with Crippen molar-refractivity contribution in [3.8, 4) is 0 Å². The van der Waals surface area contributed by atoms with E-state index in [1.54, 1.807) is 18.2 Å². The van der Waals surface area contributed by atoms with Crippen LogP contribution in [0.1, 0.15) is 5.56 Å². The topological polar surface area (TPSA) is 61.4 Å². The summed E-state index contributed by atoms with van der Waals surface area (Å²) in [6.45, 7) is -0.663. The summed E-state index contributed by atoms with van der Waals surface area (Å²) in [5, 5.41) is 14.0. The van der Waals surface area contributed by atoms with Gasteiger partial charge in [0.05, 0.1) is 12.3 Å². The second kappa shape index (κ2) is 7.17. The molecule has 3 N–H and O–H groups in total. The zero-order chi connectivity index (χ0) is 16.3. The van der Waals surface area contributed by atoms with Crippen LogP contribution >= 0.6 is 31.9 Å². The third-order valence-corrected chi connectivity index (χ3v) is 3.60. The van der Waals surface area contributed by atoms with Crippen LogP contribution in [0, 0.1) is 11.6 Å². The molecule has 0 aliphatic carbocycles. The lowest BCUT2D eigenvalue weighted by Gasteiger charge is -2.12. The van der Waals surface area contributed by atoms with E-state index in [1.807, 2.05) is 0 Å². The summed E-state index contributed by atoms with van der Waals surface area (Å²) >= 11 is 6.56. The Labute approximate surface area is 141 Å². The fourth-order valence-corrected chi connectivity index (χ4v) is 3.08. The molecular weight excluding hydrogens is 426 g/mol. The van der Waals surface area contributed by atoms with Gasteiger partial charge in [0, 0.05) is 26.3 Å². The van der Waals surface area contributed by atoms with Crippen LogP contribution in [0.15, 0.2) is 39.3 Å². The van der Waals surface area contributed by atoms with Crippen molar-refractivity contribution in [1.82, 2.24) is 0 Å². The minimum Gasteiger partial charge on any atom is -0.391 e. The minimum atomic E-state index is -0.928. The SMILES string of the molecule is O=C(Nc1cc(Br)cc(Br)c1)Nc1cc(F)cc(F)c1CO. The number of aliphatic hydroxyl groups excluding tert-OH is 1. The Morgan fingerprint density at radius 3 is 2.27 bits per heavy atom. The average molecular weight is 436 g/mol. The number of rotatable bonds is 3. The normalized spacial score (nSPS) is 10.4. The molecule has 2 rings (SSSR count). The van der Waals surface area contributed by atoms with Crippen molar-refractivity contribution in [2.24, 2.45) is 0 Å². The molecule has 0 unspecified atom stereocenters. The van der Waals surface area contributed by atoms with Gasteiger partial charge in [-0.25, -0.2) is 13.6 Å². The monoisotopic (exact) mass is 434 g/mol. The second-order valence-corrected chi connectivity index (χ2v) is 6.14. The predicted molar refractivity (Wildman–Crippen MR) is 86.8 cm³/mol. The lowest BCUT2D eigenvalue weighted by molar-refractivity contribution is 0.261. The highest BCUT2D eigenvalue weighted by atomic mass is 79.9. The molecule has 0 aromatic heterocycles. The van der Waals surface area contributed by atoms with Crippen molar-refractivity contribution < 1.29 is 18.7 Å². The molecule has 2 amide bonds. The van der Waals surface area contributed by atoms with Crippen LogP contribution < -0.4 is 10.6 Å². The number of hydrogen-bond donors (Lipinski definition) is 3. The Kier molecular flexibility index (Phi) is 5.49. The maximum absolute atomic E-state index is 13.5. The molecule has 2 aromatic carbocycles. The number of carbonyl (C=O) groups is 1. The van der Waals surface area contributed by atoms with Gasteiger partial charge in [0.1, 0.15) is 11.6 Å². The highest BCUT2D eigenvalue weighted by Crippen LogP contribution is 2.24. The summed E-state index contributed by atoms with van der Waals surface area (Å²) in [5.74, 6) is -1.78. The van der Waals surface area contributed by atoms with Crippen LogP contribution in [-0.2, 0) is 6.61 Å². The number of anilines is 2. The van der Waals surface area contributed by atoms with Gasteiger partial charge in [-0.15, -0.1) is 0 Å². The molecule has 0 heterocycles. The zero-order valence-corrected chi connectivity index (χ0v) is 14.1. The Morgan fingerprint density at radius 2 is 1.68 bits per heavy atom. The molecular formula is C14H10Br2F2N2O2. The van der Waals surface area contributed by atoms with Gasteiger partial charge in [0.2, 0.25) is 0 Å². The Morgan fingerprint density at radius 1 is 1.05 bits per heavy atom. The number of amides is 2. The van der Waals surface area contributed by atoms with E-state index in [9.17, 15) is 13.6 Å². The number of urea groups is 1. The molecule has 0 aliphatic rings. The number of benzene rings is 2. The van der Waals surface area contributed by atoms with E-state index in [2.05, 4.69) is 42.5 Å². The van der Waals surface area contributed by atoms with Crippen molar-refractivity contribution >= 4 is 49.3 Å². The average Bonchev–Trinajstić information content (AvgIpc) is 2.36. The van der Waals surface area contributed by atoms with E-state index in [4.69, 9.17) is 5.11 Å². The Balaban J connectivity index is 2.19. The molecule has 0 fully saturated rings. The predicted octanol–water partition coefficient (Wildman–Crippen LogP) is 4.63. The van der Waals surface area contributed by atoms with Crippen LogP contribution in [0.25, 0.3) is 0 Å². The number of nitrogens with one attached hydrogen (secondary N) is 2. The van der Waals surface area contributed by atoms with Crippen molar-refractivity contribution in [2.45, 2.75) is 6.61 Å². The minimum absolute atomic E-state index is 0.133. The smallest absolute Gasteiger partial charge is 0.323 e. The first-order valence-corrected chi connectivity index (χ1v) is 7.60. The summed E-state index contributed by atoms with van der Waals surface area (Å²) < 4.78 is 28.2. The highest BCUT2D eigenvalue weighted by Gasteiger charge is 2.13. The summed E-state index contributed by atoms with van der Waals surface area (Å²) in [5.41, 5.74) is 0.153. The first kappa shape index (κ1) is 16.9. The van der Waals surface area contributed by atoms with Gasteiger partial charge in [-0.1, -0.05) is 31.9 Å². The van der Waals surface area contributed by atoms with Crippen LogP contribution in [0.4, 0.5) is 25.0 Å². The molecule has 0 aliphatic heterocycles. The Hall–Kier alpha value is -1.51. The number of halogens is 4. The first-order valence-electron chi connectivity index (χ1n) is 6.02. The summed E-state index contributed by atoms with van der Waals surface area (Å²) in [7, 11) is 0. The van der Waals surface area contributed by atoms with Gasteiger partial charge >= 0.3 is 6.03 Å². The molecule has 4 nitrogen and oxygen atoms in total. The van der Waals surface area contributed by atoms with E-state index in [-0.39, 0.29) is 11.3 Å². The molecule has 0 atom stereocenters. The fraction of sp³-hybridized carbons (Fsp3) is 0.0714. The van der Waals surface area contributed by atoms with E-state index >= 15 is 0 Å². The van der Waals surface area contributed by atoms with Crippen molar-refractivity contribution in [1.29, 1.82) is 0 Å². The van der Waals surface area contributed by atoms with E-state index in [1.165, 1.54) is 0 Å². The quantitative estimate of drug-likeness (QED) is 0.658. The van der Waals surface area contributed by atoms with Crippen LogP contribution in [-0.4, -0.2) is 11.1 Å². The third kappa shape index (κ3) is 4.25. The molecule has 0 radical (unpaired) electrons. The van der Waals surface area contributed by atoms with E-state index < -0.39 is 24.3 Å². The molecule has 22 heavy (non-hydrogen) atoms. The molecule has 0 saturated heterocycles. The zero-order valence-electron chi connectivity index (χ0n) is 11.0. The molecule has 116 valence electrons. The maximum Gasteiger partial charge on any atom is 0.323 e.